The van der Waals surface area contributed by atoms with Gasteiger partial charge in [-0.15, -0.1) is 0 Å². The van der Waals surface area contributed by atoms with Gasteiger partial charge in [0.2, 0.25) is 0 Å². The molecule has 0 saturated carbocycles. The summed E-state index contributed by atoms with van der Waals surface area (Å²) >= 11 is 0. The number of fused-ring (bicyclic) bond motifs is 1. The molecule has 1 nitrogen and oxygen atoms in total. The van der Waals surface area contributed by atoms with Crippen molar-refractivity contribution in [2.45, 2.75) is 19.2 Å². The zero-order valence-electron chi connectivity index (χ0n) is 19.2. The summed E-state index contributed by atoms with van der Waals surface area (Å²) in [4.78, 5) is 0. The van der Waals surface area contributed by atoms with Crippen LogP contribution in [0.3, 0.4) is 0 Å². The van der Waals surface area contributed by atoms with Crippen molar-refractivity contribution < 1.29 is 53.0 Å². The van der Waals surface area contributed by atoms with E-state index >= 15 is 0 Å². The number of rotatable bonds is 4. The van der Waals surface area contributed by atoms with Crippen LogP contribution < -0.4 is 4.74 Å². The summed E-state index contributed by atoms with van der Waals surface area (Å²) < 4.78 is 158. The second-order valence-electron chi connectivity index (χ2n) is 8.22. The predicted octanol–water partition coefficient (Wildman–Crippen LogP) is 8.69. The molecule has 0 aromatic heterocycles. The molecule has 0 radical (unpaired) electrons. The van der Waals surface area contributed by atoms with Gasteiger partial charge in [0.25, 0.3) is 0 Å². The average Bonchev–Trinajstić information content (AvgIpc) is 2.76. The summed E-state index contributed by atoms with van der Waals surface area (Å²) in [5.41, 5.74) is -3.55. The minimum absolute atomic E-state index is 0.157. The number of alkyl halides is 5. The van der Waals surface area contributed by atoms with Crippen LogP contribution in [0.25, 0.3) is 21.9 Å². The third-order valence-corrected chi connectivity index (χ3v) is 5.40. The normalized spacial score (nSPS) is 11.9. The maximum absolute atomic E-state index is 14.8. The van der Waals surface area contributed by atoms with Crippen molar-refractivity contribution in [2.75, 3.05) is 0 Å². The summed E-state index contributed by atoms with van der Waals surface area (Å²) in [5, 5.41) is -1.86. The minimum atomic E-state index is -5.12. The molecule has 0 saturated heterocycles. The lowest BCUT2D eigenvalue weighted by Crippen LogP contribution is -2.25. The number of benzene rings is 4. The van der Waals surface area contributed by atoms with Crippen LogP contribution in [0, 0.1) is 53.7 Å². The maximum Gasteiger partial charge on any atom is 0.458 e. The molecule has 0 aliphatic heterocycles. The first-order chi connectivity index (χ1) is 18.1. The van der Waals surface area contributed by atoms with E-state index in [0.29, 0.717) is 35.7 Å². The second-order valence-corrected chi connectivity index (χ2v) is 8.22. The molecule has 0 fully saturated rings. The van der Waals surface area contributed by atoms with E-state index in [2.05, 4.69) is 4.74 Å². The molecule has 0 heterocycles. The molecule has 4 aromatic carbocycles. The van der Waals surface area contributed by atoms with Crippen LogP contribution in [-0.2, 0) is 6.11 Å². The van der Waals surface area contributed by atoms with E-state index in [4.69, 9.17) is 0 Å². The first kappa shape index (κ1) is 27.8. The van der Waals surface area contributed by atoms with Crippen LogP contribution in [0.15, 0.2) is 48.5 Å². The zero-order valence-corrected chi connectivity index (χ0v) is 19.2. The van der Waals surface area contributed by atoms with Crippen LogP contribution in [-0.4, -0.2) is 6.18 Å². The summed E-state index contributed by atoms with van der Waals surface area (Å²) in [6.07, 6.45) is -9.93. The number of ether oxygens (including phenoxy) is 1. The average molecular weight is 560 g/mol. The molecule has 4 aromatic rings. The summed E-state index contributed by atoms with van der Waals surface area (Å²) in [6, 6.07) is 5.48. The lowest BCUT2D eigenvalue weighted by Gasteiger charge is -2.20. The Kier molecular flexibility index (Phi) is 6.97. The number of hydrogen-bond donors (Lipinski definition) is 0. The Morgan fingerprint density at radius 3 is 1.92 bits per heavy atom. The molecule has 0 atom stereocenters. The van der Waals surface area contributed by atoms with Gasteiger partial charge in [-0.05, 0) is 53.8 Å². The highest BCUT2D eigenvalue weighted by molar-refractivity contribution is 5.87. The van der Waals surface area contributed by atoms with E-state index in [-0.39, 0.29) is 11.6 Å². The van der Waals surface area contributed by atoms with E-state index < -0.39 is 80.4 Å². The van der Waals surface area contributed by atoms with Crippen molar-refractivity contribution in [1.29, 1.82) is 0 Å². The van der Waals surface area contributed by atoms with Crippen LogP contribution in [0.2, 0.25) is 0 Å². The molecule has 0 amide bonds. The first-order valence-electron chi connectivity index (χ1n) is 10.6. The van der Waals surface area contributed by atoms with Gasteiger partial charge in [0.1, 0.15) is 40.4 Å². The molecule has 0 aliphatic rings. The van der Waals surface area contributed by atoms with Gasteiger partial charge in [-0.1, -0.05) is 18.1 Å². The molecule has 0 N–H and O–H groups in total. The van der Waals surface area contributed by atoms with Gasteiger partial charge in [0.05, 0.1) is 10.9 Å². The highest BCUT2D eigenvalue weighted by atomic mass is 19.4. The molecular formula is C27H11F11O. The number of hydrogen-bond acceptors (Lipinski definition) is 1. The molecule has 0 spiro atoms. The van der Waals surface area contributed by atoms with Crippen molar-refractivity contribution in [3.63, 3.8) is 0 Å². The van der Waals surface area contributed by atoms with Gasteiger partial charge in [0.15, 0.2) is 5.82 Å². The van der Waals surface area contributed by atoms with E-state index in [1.165, 1.54) is 18.1 Å². The quantitative estimate of drug-likeness (QED) is 0.179. The largest absolute Gasteiger partial charge is 0.458 e. The molecule has 39 heavy (non-hydrogen) atoms. The minimum Gasteiger partial charge on any atom is -0.429 e. The summed E-state index contributed by atoms with van der Waals surface area (Å²) in [7, 11) is 0. The fourth-order valence-electron chi connectivity index (χ4n) is 3.75. The van der Waals surface area contributed by atoms with E-state index in [9.17, 15) is 48.3 Å². The Balaban J connectivity index is 1.74. The van der Waals surface area contributed by atoms with Gasteiger partial charge < -0.3 is 4.74 Å². The van der Waals surface area contributed by atoms with Gasteiger partial charge in [0, 0.05) is 17.6 Å². The standard InChI is InChI=1S/C27H11F11O/c1-12-2-3-16(18(28)6-12)13-8-21(31)24(22(32)9-13)27(37,38)39-15-7-14-10-19(29)17(4-5-26(34,35)36)25(33)23(14)20(30)11-15/h2-3,6-11H,1H3. The van der Waals surface area contributed by atoms with Gasteiger partial charge >= 0.3 is 12.3 Å². The first-order valence-corrected chi connectivity index (χ1v) is 10.6. The van der Waals surface area contributed by atoms with Crippen molar-refractivity contribution in [3.8, 4) is 28.7 Å². The Bertz CT molecular complexity index is 1650. The third-order valence-electron chi connectivity index (χ3n) is 5.40. The SMILES string of the molecule is Cc1ccc(-c2cc(F)c(C(F)(F)Oc3cc(F)c4c(F)c(C#CC(F)(F)F)c(F)cc4c3)c(F)c2)c(F)c1. The highest BCUT2D eigenvalue weighted by Crippen LogP contribution is 2.39. The fourth-order valence-corrected chi connectivity index (χ4v) is 3.75. The summed E-state index contributed by atoms with van der Waals surface area (Å²) in [6.45, 7) is 1.55. The fraction of sp³-hybridized carbons (Fsp3) is 0.111. The molecule has 12 heteroatoms. The van der Waals surface area contributed by atoms with Crippen LogP contribution in [0.1, 0.15) is 16.7 Å². The highest BCUT2D eigenvalue weighted by Gasteiger charge is 2.41. The van der Waals surface area contributed by atoms with Crippen LogP contribution in [0.4, 0.5) is 48.3 Å². The molecule has 202 valence electrons. The second kappa shape index (κ2) is 9.80. The molecular weight excluding hydrogens is 549 g/mol. The Morgan fingerprint density at radius 1 is 0.692 bits per heavy atom. The Labute approximate surface area is 212 Å². The monoisotopic (exact) mass is 560 g/mol. The van der Waals surface area contributed by atoms with Gasteiger partial charge in [-0.25, -0.2) is 26.3 Å². The van der Waals surface area contributed by atoms with Gasteiger partial charge in [-0.2, -0.15) is 22.0 Å². The van der Waals surface area contributed by atoms with Crippen LogP contribution in [0.5, 0.6) is 5.75 Å². The van der Waals surface area contributed by atoms with Crippen molar-refractivity contribution in [2.24, 2.45) is 0 Å². The van der Waals surface area contributed by atoms with E-state index in [0.717, 1.165) is 6.07 Å². The molecule has 0 unspecified atom stereocenters. The molecule has 0 aliphatic carbocycles. The third kappa shape index (κ3) is 5.62. The number of halogens is 11. The summed E-state index contributed by atoms with van der Waals surface area (Å²) in [5.74, 6) is -9.05. The maximum atomic E-state index is 14.8. The lowest BCUT2D eigenvalue weighted by atomic mass is 10.0. The van der Waals surface area contributed by atoms with E-state index in [1.807, 2.05) is 0 Å². The molecule has 4 rings (SSSR count). The van der Waals surface area contributed by atoms with Crippen molar-refractivity contribution >= 4 is 10.8 Å². The van der Waals surface area contributed by atoms with Gasteiger partial charge in [-0.3, -0.25) is 0 Å². The lowest BCUT2D eigenvalue weighted by molar-refractivity contribution is -0.189. The Morgan fingerprint density at radius 2 is 1.33 bits per heavy atom. The van der Waals surface area contributed by atoms with E-state index in [1.54, 1.807) is 6.92 Å². The van der Waals surface area contributed by atoms with Crippen LogP contribution >= 0.6 is 0 Å². The number of aryl methyl sites for hydroxylation is 1. The predicted molar refractivity (Wildman–Crippen MR) is 118 cm³/mol. The zero-order chi connectivity index (χ0) is 28.9. The molecule has 0 bridgehead atoms. The van der Waals surface area contributed by atoms with Crippen molar-refractivity contribution in [3.05, 3.63) is 100 Å². The topological polar surface area (TPSA) is 9.23 Å². The van der Waals surface area contributed by atoms with Crippen molar-refractivity contribution in [1.82, 2.24) is 0 Å². The smallest absolute Gasteiger partial charge is 0.429 e. The Hall–Kier alpha value is -4.27.